The molecule has 100 valence electrons. The van der Waals surface area contributed by atoms with Gasteiger partial charge in [0, 0.05) is 10.0 Å². The van der Waals surface area contributed by atoms with Gasteiger partial charge in [-0.15, -0.1) is 0 Å². The zero-order valence-electron chi connectivity index (χ0n) is 10.6. The Labute approximate surface area is 130 Å². The first-order valence-electron chi connectivity index (χ1n) is 6.27. The molecule has 0 amide bonds. The molecule has 20 heavy (non-hydrogen) atoms. The van der Waals surface area contributed by atoms with Gasteiger partial charge in [-0.25, -0.2) is 6.07 Å². The lowest BCUT2D eigenvalue weighted by atomic mass is 10.4. The third kappa shape index (κ3) is 2.94. The lowest BCUT2D eigenvalue weighted by Crippen LogP contribution is -2.19. The molecule has 0 N–H and O–H groups in total. The number of halogens is 2. The van der Waals surface area contributed by atoms with Crippen LogP contribution in [0.25, 0.3) is 0 Å². The van der Waals surface area contributed by atoms with Gasteiger partial charge in [-0.05, 0) is 34.9 Å². The van der Waals surface area contributed by atoms with Gasteiger partial charge in [0.1, 0.15) is 0 Å². The van der Waals surface area contributed by atoms with Crippen molar-refractivity contribution >= 4 is 47.0 Å². The molecule has 0 fully saturated rings. The van der Waals surface area contributed by atoms with E-state index in [9.17, 15) is 0 Å². The summed E-state index contributed by atoms with van der Waals surface area (Å²) in [5.41, 5.74) is 0. The van der Waals surface area contributed by atoms with Crippen molar-refractivity contribution in [2.24, 2.45) is 0 Å². The normalized spacial score (nSPS) is 10.9. The summed E-state index contributed by atoms with van der Waals surface area (Å²) in [4.78, 5) is 0. The van der Waals surface area contributed by atoms with Crippen LogP contribution in [0, 0.1) is 0 Å². The van der Waals surface area contributed by atoms with Crippen LogP contribution in [0.5, 0.6) is 0 Å². The second kappa shape index (κ2) is 6.06. The fraction of sp³-hybridized carbons (Fsp3) is 0. The van der Waals surface area contributed by atoms with Crippen molar-refractivity contribution in [2.75, 3.05) is 0 Å². The average molecular weight is 318 g/mol. The molecule has 3 rings (SSSR count). The lowest BCUT2D eigenvalue weighted by molar-refractivity contribution is 1.75. The summed E-state index contributed by atoms with van der Waals surface area (Å²) >= 11 is 12.0. The molecule has 0 saturated carbocycles. The second-order valence-electron chi connectivity index (χ2n) is 4.43. The molecule has 0 saturated heterocycles. The van der Waals surface area contributed by atoms with Gasteiger partial charge in [0.15, 0.2) is 0 Å². The average Bonchev–Trinajstić information content (AvgIpc) is 2.97. The van der Waals surface area contributed by atoms with Crippen LogP contribution in [-0.2, 0) is 0 Å². The highest BCUT2D eigenvalue weighted by Crippen LogP contribution is 2.33. The van der Waals surface area contributed by atoms with Crippen molar-refractivity contribution in [3.63, 3.8) is 0 Å². The predicted molar refractivity (Wildman–Crippen MR) is 90.8 cm³/mol. The molecule has 0 atom stereocenters. The van der Waals surface area contributed by atoms with E-state index in [0.29, 0.717) is 0 Å². The van der Waals surface area contributed by atoms with E-state index in [-0.39, 0.29) is 0 Å². The third-order valence-electron chi connectivity index (χ3n) is 3.07. The van der Waals surface area contributed by atoms with Gasteiger partial charge in [-0.2, -0.15) is 23.5 Å². The van der Waals surface area contributed by atoms with E-state index >= 15 is 0 Å². The van der Waals surface area contributed by atoms with Crippen molar-refractivity contribution in [3.8, 4) is 0 Å². The summed E-state index contributed by atoms with van der Waals surface area (Å²) in [6.07, 6.45) is 0. The van der Waals surface area contributed by atoms with Crippen LogP contribution in [0.3, 0.4) is 0 Å². The van der Waals surface area contributed by atoms with E-state index in [2.05, 4.69) is 48.5 Å². The maximum absolute atomic E-state index is 6.00. The Morgan fingerprint density at radius 3 is 1.55 bits per heavy atom. The predicted octanol–water partition coefficient (Wildman–Crippen LogP) is 4.47. The number of benzene rings is 2. The van der Waals surface area contributed by atoms with Gasteiger partial charge in [-0.1, -0.05) is 55.4 Å². The van der Waals surface area contributed by atoms with E-state index < -0.39 is 7.92 Å². The minimum atomic E-state index is -0.551. The quantitative estimate of drug-likeness (QED) is 0.494. The SMILES string of the molecule is Clc1ccc(P(c2ccc(Cl)cc2)c2cc[cH-]c2)cc1. The van der Waals surface area contributed by atoms with Gasteiger partial charge < -0.3 is 0 Å². The molecule has 0 aliphatic rings. The van der Waals surface area contributed by atoms with E-state index in [0.717, 1.165) is 10.0 Å². The summed E-state index contributed by atoms with van der Waals surface area (Å²) in [5, 5.41) is 5.45. The molecular weight excluding hydrogens is 306 g/mol. The second-order valence-corrected chi connectivity index (χ2v) is 7.52. The molecule has 0 nitrogen and oxygen atoms in total. The Kier molecular flexibility index (Phi) is 4.17. The summed E-state index contributed by atoms with van der Waals surface area (Å²) in [6.45, 7) is 0. The molecule has 3 aromatic rings. The summed E-state index contributed by atoms with van der Waals surface area (Å²) in [7, 11) is -0.551. The molecule has 0 aliphatic heterocycles. The standard InChI is InChI=1S/C17H12Cl2P/c18-13-5-9-16(10-6-13)20(15-3-1-2-4-15)17-11-7-14(19)8-12-17/h1-12H/q-1. The molecule has 0 radical (unpaired) electrons. The fourth-order valence-electron chi connectivity index (χ4n) is 2.14. The van der Waals surface area contributed by atoms with Gasteiger partial charge in [0.05, 0.1) is 0 Å². The summed E-state index contributed by atoms with van der Waals surface area (Å²) < 4.78 is 0. The molecule has 0 aliphatic carbocycles. The minimum absolute atomic E-state index is 0.551. The first kappa shape index (κ1) is 13.8. The molecular formula is C17H12Cl2P-. The van der Waals surface area contributed by atoms with Gasteiger partial charge in [-0.3, -0.25) is 0 Å². The van der Waals surface area contributed by atoms with Crippen LogP contribution in [0.1, 0.15) is 0 Å². The minimum Gasteiger partial charge on any atom is -0.206 e. The van der Waals surface area contributed by atoms with E-state index in [1.54, 1.807) is 0 Å². The van der Waals surface area contributed by atoms with Crippen LogP contribution >= 0.6 is 31.1 Å². The van der Waals surface area contributed by atoms with Crippen molar-refractivity contribution in [3.05, 3.63) is 82.8 Å². The van der Waals surface area contributed by atoms with Crippen molar-refractivity contribution < 1.29 is 0 Å². The van der Waals surface area contributed by atoms with Gasteiger partial charge >= 0.3 is 0 Å². The molecule has 0 spiro atoms. The van der Waals surface area contributed by atoms with E-state index in [4.69, 9.17) is 23.2 Å². The number of hydrogen-bond acceptors (Lipinski definition) is 0. The molecule has 0 unspecified atom stereocenters. The summed E-state index contributed by atoms with van der Waals surface area (Å²) in [6, 6.07) is 24.7. The highest BCUT2D eigenvalue weighted by molar-refractivity contribution is 7.79. The van der Waals surface area contributed by atoms with Crippen LogP contribution in [0.4, 0.5) is 0 Å². The van der Waals surface area contributed by atoms with Crippen molar-refractivity contribution in [1.82, 2.24) is 0 Å². The van der Waals surface area contributed by atoms with Crippen LogP contribution < -0.4 is 15.9 Å². The monoisotopic (exact) mass is 317 g/mol. The van der Waals surface area contributed by atoms with Crippen LogP contribution in [0.15, 0.2) is 72.8 Å². The van der Waals surface area contributed by atoms with Gasteiger partial charge in [0.25, 0.3) is 0 Å². The largest absolute Gasteiger partial charge is 0.206 e. The van der Waals surface area contributed by atoms with E-state index in [1.165, 1.54) is 15.9 Å². The Bertz CT molecular complexity index is 625. The fourth-order valence-corrected chi connectivity index (χ4v) is 4.65. The molecule has 3 aromatic carbocycles. The summed E-state index contributed by atoms with van der Waals surface area (Å²) in [5.74, 6) is 0. The highest BCUT2D eigenvalue weighted by Gasteiger charge is 2.11. The molecule has 0 aromatic heterocycles. The third-order valence-corrected chi connectivity index (χ3v) is 6.02. The smallest absolute Gasteiger partial charge is 0.0406 e. The molecule has 0 bridgehead atoms. The Morgan fingerprint density at radius 2 is 1.15 bits per heavy atom. The van der Waals surface area contributed by atoms with Crippen LogP contribution in [0.2, 0.25) is 10.0 Å². The highest BCUT2D eigenvalue weighted by atomic mass is 35.5. The molecule has 3 heteroatoms. The van der Waals surface area contributed by atoms with E-state index in [1.807, 2.05) is 24.3 Å². The number of hydrogen-bond donors (Lipinski definition) is 0. The maximum Gasteiger partial charge on any atom is 0.0406 e. The van der Waals surface area contributed by atoms with Crippen molar-refractivity contribution in [2.45, 2.75) is 0 Å². The Balaban J connectivity index is 2.09. The Hall–Kier alpha value is -1.20. The molecule has 0 heterocycles. The van der Waals surface area contributed by atoms with Crippen LogP contribution in [-0.4, -0.2) is 0 Å². The lowest BCUT2D eigenvalue weighted by Gasteiger charge is -2.23. The maximum atomic E-state index is 6.00. The zero-order chi connectivity index (χ0) is 13.9. The first-order valence-corrected chi connectivity index (χ1v) is 8.37. The van der Waals surface area contributed by atoms with Gasteiger partial charge in [0.2, 0.25) is 0 Å². The van der Waals surface area contributed by atoms with Crippen molar-refractivity contribution in [1.29, 1.82) is 0 Å². The zero-order valence-corrected chi connectivity index (χ0v) is 13.0. The number of rotatable bonds is 3. The topological polar surface area (TPSA) is 0 Å². The Morgan fingerprint density at radius 1 is 0.650 bits per heavy atom. The first-order chi connectivity index (χ1) is 9.74.